The molecule has 1 N–H and O–H groups in total. The van der Waals surface area contributed by atoms with Crippen molar-refractivity contribution in [1.82, 2.24) is 5.32 Å². The van der Waals surface area contributed by atoms with Crippen molar-refractivity contribution in [2.45, 2.75) is 246 Å². The molecule has 0 aromatic carbocycles. The highest BCUT2D eigenvalue weighted by Gasteiger charge is 2.38. The van der Waals surface area contributed by atoms with Crippen molar-refractivity contribution in [2.24, 2.45) is 0 Å². The van der Waals surface area contributed by atoms with E-state index in [2.05, 4.69) is 19.2 Å². The third kappa shape index (κ3) is 31.7. The maximum absolute atomic E-state index is 13.6. The van der Waals surface area contributed by atoms with Gasteiger partial charge in [0.2, 0.25) is 0 Å². The van der Waals surface area contributed by atoms with Crippen LogP contribution < -0.4 is 5.32 Å². The van der Waals surface area contributed by atoms with Gasteiger partial charge in [-0.05, 0) is 25.7 Å². The molecule has 0 saturated carbocycles. The van der Waals surface area contributed by atoms with Gasteiger partial charge >= 0.3 is 23.9 Å². The summed E-state index contributed by atoms with van der Waals surface area (Å²) in [5.41, 5.74) is 0. The number of carbonyl (C=O) groups is 5. The third-order valence-electron chi connectivity index (χ3n) is 9.94. The molecular formula is C44H81NO9. The Labute approximate surface area is 329 Å². The summed E-state index contributed by atoms with van der Waals surface area (Å²) in [5, 5.41) is 2.82. The number of hydrogen-bond acceptors (Lipinski definition) is 9. The first-order chi connectivity index (χ1) is 26.0. The zero-order chi connectivity index (χ0) is 40.2. The number of hydrogen-bond donors (Lipinski definition) is 1. The normalized spacial score (nSPS) is 13.4. The van der Waals surface area contributed by atoms with E-state index in [1.165, 1.54) is 143 Å². The molecular weight excluding hydrogens is 686 g/mol. The SMILES string of the molecule is CCCCCCCCCCCCCCCC[C@@H](OC(C)=O)C(=O)N[C@@H](COC(C)=O)[C@H](OC(C)=O)[C@@H](CCCCCCCCCCCCCC)OC(C)=O. The fourth-order valence-corrected chi connectivity index (χ4v) is 6.97. The number of ether oxygens (including phenoxy) is 4. The van der Waals surface area contributed by atoms with Crippen molar-refractivity contribution in [3.8, 4) is 0 Å². The number of carbonyl (C=O) groups excluding carboxylic acids is 5. The van der Waals surface area contributed by atoms with Crippen LogP contribution in [0.1, 0.15) is 221 Å². The smallest absolute Gasteiger partial charge is 0.303 e. The molecule has 0 aliphatic heterocycles. The van der Waals surface area contributed by atoms with Gasteiger partial charge in [0.05, 0.1) is 0 Å². The summed E-state index contributed by atoms with van der Waals surface area (Å²) in [6.07, 6.45) is 28.5. The molecule has 0 bridgehead atoms. The summed E-state index contributed by atoms with van der Waals surface area (Å²) < 4.78 is 22.1. The first-order valence-corrected chi connectivity index (χ1v) is 22.0. The zero-order valence-corrected chi connectivity index (χ0v) is 35.5. The summed E-state index contributed by atoms with van der Waals surface area (Å²) >= 11 is 0. The van der Waals surface area contributed by atoms with Crippen LogP contribution in [0.4, 0.5) is 0 Å². The first-order valence-electron chi connectivity index (χ1n) is 22.0. The van der Waals surface area contributed by atoms with E-state index in [-0.39, 0.29) is 6.61 Å². The van der Waals surface area contributed by atoms with Crippen molar-refractivity contribution >= 4 is 29.8 Å². The summed E-state index contributed by atoms with van der Waals surface area (Å²) in [5.74, 6) is -2.93. The molecule has 4 atom stereocenters. The lowest BCUT2D eigenvalue weighted by atomic mass is 9.98. The summed E-state index contributed by atoms with van der Waals surface area (Å²) in [7, 11) is 0. The Morgan fingerprint density at radius 3 is 1.13 bits per heavy atom. The molecule has 0 fully saturated rings. The minimum atomic E-state index is -1.12. The molecule has 316 valence electrons. The Bertz CT molecular complexity index is 972. The van der Waals surface area contributed by atoms with Crippen LogP contribution in [-0.4, -0.2) is 60.7 Å². The number of nitrogens with one attached hydrogen (secondary N) is 1. The third-order valence-corrected chi connectivity index (χ3v) is 9.94. The fraction of sp³-hybridized carbons (Fsp3) is 0.886. The van der Waals surface area contributed by atoms with E-state index in [0.717, 1.165) is 44.9 Å². The maximum Gasteiger partial charge on any atom is 0.303 e. The molecule has 0 aliphatic carbocycles. The highest BCUT2D eigenvalue weighted by Crippen LogP contribution is 2.21. The molecule has 0 radical (unpaired) electrons. The number of esters is 4. The van der Waals surface area contributed by atoms with Crippen LogP contribution in [0.3, 0.4) is 0 Å². The quantitative estimate of drug-likeness (QED) is 0.0372. The second-order valence-corrected chi connectivity index (χ2v) is 15.3. The van der Waals surface area contributed by atoms with Crippen LogP contribution in [-0.2, 0) is 42.9 Å². The largest absolute Gasteiger partial charge is 0.464 e. The van der Waals surface area contributed by atoms with E-state index in [1.807, 2.05) is 0 Å². The number of unbranched alkanes of at least 4 members (excludes halogenated alkanes) is 24. The van der Waals surface area contributed by atoms with E-state index in [0.29, 0.717) is 19.3 Å². The average molecular weight is 768 g/mol. The topological polar surface area (TPSA) is 134 Å². The summed E-state index contributed by atoms with van der Waals surface area (Å²) in [6.45, 7) is 9.18. The van der Waals surface area contributed by atoms with Gasteiger partial charge in [0, 0.05) is 27.7 Å². The molecule has 10 nitrogen and oxygen atoms in total. The van der Waals surface area contributed by atoms with Gasteiger partial charge in [-0.1, -0.05) is 168 Å². The maximum atomic E-state index is 13.6. The standard InChI is InChI=1S/C44H81NO9/c1-7-9-11-13-15-17-19-21-22-24-26-28-30-32-34-42(53-38(5)48)44(50)45-40(35-51-36(3)46)43(54-39(6)49)41(52-37(4)47)33-31-29-27-25-23-20-18-16-14-12-10-8-2/h40-43H,7-35H2,1-6H3,(H,45,50)/t40-,41+,42+,43-/m0/s1. The van der Waals surface area contributed by atoms with Crippen LogP contribution in [0.5, 0.6) is 0 Å². The summed E-state index contributed by atoms with van der Waals surface area (Å²) in [6, 6.07) is -1.04. The van der Waals surface area contributed by atoms with E-state index in [1.54, 1.807) is 0 Å². The second-order valence-electron chi connectivity index (χ2n) is 15.3. The van der Waals surface area contributed by atoms with Gasteiger partial charge in [-0.2, -0.15) is 0 Å². The van der Waals surface area contributed by atoms with E-state index >= 15 is 0 Å². The van der Waals surface area contributed by atoms with Crippen molar-refractivity contribution < 1.29 is 42.9 Å². The first kappa shape index (κ1) is 51.4. The molecule has 0 spiro atoms. The predicted molar refractivity (Wildman–Crippen MR) is 216 cm³/mol. The lowest BCUT2D eigenvalue weighted by Crippen LogP contribution is -2.56. The Morgan fingerprint density at radius 1 is 0.426 bits per heavy atom. The highest BCUT2D eigenvalue weighted by atomic mass is 16.6. The van der Waals surface area contributed by atoms with Crippen LogP contribution >= 0.6 is 0 Å². The van der Waals surface area contributed by atoms with Gasteiger partial charge in [-0.3, -0.25) is 24.0 Å². The van der Waals surface area contributed by atoms with Crippen LogP contribution in [0.2, 0.25) is 0 Å². The van der Waals surface area contributed by atoms with Crippen LogP contribution in [0.15, 0.2) is 0 Å². The van der Waals surface area contributed by atoms with Gasteiger partial charge in [0.15, 0.2) is 12.2 Å². The number of rotatable bonds is 37. The molecule has 1 amide bonds. The minimum Gasteiger partial charge on any atom is -0.464 e. The van der Waals surface area contributed by atoms with E-state index in [9.17, 15) is 24.0 Å². The monoisotopic (exact) mass is 768 g/mol. The highest BCUT2D eigenvalue weighted by molar-refractivity contribution is 5.83. The van der Waals surface area contributed by atoms with Crippen molar-refractivity contribution in [3.63, 3.8) is 0 Å². The molecule has 0 aromatic heterocycles. The van der Waals surface area contributed by atoms with Crippen molar-refractivity contribution in [3.05, 3.63) is 0 Å². The predicted octanol–water partition coefficient (Wildman–Crippen LogP) is 10.8. The van der Waals surface area contributed by atoms with E-state index < -0.39 is 54.1 Å². The molecule has 0 unspecified atom stereocenters. The van der Waals surface area contributed by atoms with Gasteiger partial charge < -0.3 is 24.3 Å². The molecule has 0 saturated heterocycles. The Balaban J connectivity index is 5.19. The minimum absolute atomic E-state index is 0.319. The lowest BCUT2D eigenvalue weighted by molar-refractivity contribution is -0.172. The molecule has 0 aliphatic rings. The van der Waals surface area contributed by atoms with Crippen LogP contribution in [0.25, 0.3) is 0 Å². The zero-order valence-electron chi connectivity index (χ0n) is 35.5. The second kappa shape index (κ2) is 36.0. The lowest BCUT2D eigenvalue weighted by Gasteiger charge is -2.33. The van der Waals surface area contributed by atoms with Crippen molar-refractivity contribution in [1.29, 1.82) is 0 Å². The molecule has 0 aromatic rings. The van der Waals surface area contributed by atoms with Crippen LogP contribution in [0, 0.1) is 0 Å². The van der Waals surface area contributed by atoms with E-state index in [4.69, 9.17) is 18.9 Å². The van der Waals surface area contributed by atoms with Gasteiger partial charge in [-0.15, -0.1) is 0 Å². The fourth-order valence-electron chi connectivity index (χ4n) is 6.97. The summed E-state index contributed by atoms with van der Waals surface area (Å²) in [4.78, 5) is 62.1. The average Bonchev–Trinajstić information content (AvgIpc) is 3.11. The Morgan fingerprint density at radius 2 is 0.778 bits per heavy atom. The molecule has 54 heavy (non-hydrogen) atoms. The molecule has 10 heteroatoms. The molecule has 0 heterocycles. The molecule has 0 rings (SSSR count). The Kier molecular flexibility index (Phi) is 34.2. The number of amides is 1. The van der Waals surface area contributed by atoms with Crippen molar-refractivity contribution in [2.75, 3.05) is 6.61 Å². The van der Waals surface area contributed by atoms with Gasteiger partial charge in [0.25, 0.3) is 5.91 Å². The Hall–Kier alpha value is -2.65. The van der Waals surface area contributed by atoms with Gasteiger partial charge in [-0.25, -0.2) is 0 Å². The van der Waals surface area contributed by atoms with Gasteiger partial charge in [0.1, 0.15) is 18.8 Å².